The van der Waals surface area contributed by atoms with Crippen molar-refractivity contribution < 1.29 is 13.3 Å². The minimum atomic E-state index is -3.58. The number of nitrogens with one attached hydrogen (secondary N) is 2. The van der Waals surface area contributed by atoms with Gasteiger partial charge in [0, 0.05) is 18.7 Å². The van der Waals surface area contributed by atoms with Crippen molar-refractivity contribution in [3.63, 3.8) is 0 Å². The second-order valence-electron chi connectivity index (χ2n) is 3.61. The molecule has 0 fully saturated rings. The van der Waals surface area contributed by atoms with Gasteiger partial charge in [-0.05, 0) is 32.1 Å². The average Bonchev–Trinajstić information content (AvgIpc) is 2.35. The summed E-state index contributed by atoms with van der Waals surface area (Å²) in [7, 11) is -1.80. The Hall–Kier alpha value is -1.51. The van der Waals surface area contributed by atoms with Crippen molar-refractivity contribution in [3.05, 3.63) is 34.4 Å². The summed E-state index contributed by atoms with van der Waals surface area (Å²) in [6.07, 6.45) is 0.669. The molecule has 2 N–H and O–H groups in total. The number of non-ortho nitro benzene ring substituents is 1. The summed E-state index contributed by atoms with van der Waals surface area (Å²) in [5.41, 5.74) is -0.135. The predicted molar refractivity (Wildman–Crippen MR) is 66.8 cm³/mol. The quantitative estimate of drug-likeness (QED) is 0.427. The summed E-state index contributed by atoms with van der Waals surface area (Å²) >= 11 is 0. The molecule has 0 radical (unpaired) electrons. The van der Waals surface area contributed by atoms with Gasteiger partial charge in [0.05, 0.1) is 9.82 Å². The molecule has 7 nitrogen and oxygen atoms in total. The molecule has 18 heavy (non-hydrogen) atoms. The fourth-order valence-electron chi connectivity index (χ4n) is 1.30. The molecule has 0 saturated carbocycles. The van der Waals surface area contributed by atoms with Crippen molar-refractivity contribution in [2.24, 2.45) is 0 Å². The lowest BCUT2D eigenvalue weighted by molar-refractivity contribution is -0.384. The minimum absolute atomic E-state index is 0.0255. The van der Waals surface area contributed by atoms with Crippen LogP contribution in [0.3, 0.4) is 0 Å². The fraction of sp³-hybridized carbons (Fsp3) is 0.400. The van der Waals surface area contributed by atoms with E-state index in [9.17, 15) is 18.5 Å². The first kappa shape index (κ1) is 14.6. The second-order valence-corrected chi connectivity index (χ2v) is 5.37. The average molecular weight is 273 g/mol. The first-order chi connectivity index (χ1) is 8.47. The van der Waals surface area contributed by atoms with E-state index in [0.29, 0.717) is 19.5 Å². The van der Waals surface area contributed by atoms with E-state index in [0.717, 1.165) is 0 Å². The van der Waals surface area contributed by atoms with Gasteiger partial charge in [0.15, 0.2) is 0 Å². The molecule has 1 aromatic rings. The van der Waals surface area contributed by atoms with E-state index in [4.69, 9.17) is 0 Å². The lowest BCUT2D eigenvalue weighted by Gasteiger charge is -2.06. The summed E-state index contributed by atoms with van der Waals surface area (Å²) in [6, 6.07) is 4.78. The number of hydrogen-bond acceptors (Lipinski definition) is 5. The Kier molecular flexibility index (Phi) is 5.20. The third kappa shape index (κ3) is 4.06. The summed E-state index contributed by atoms with van der Waals surface area (Å²) in [6.45, 7) is 1.03. The summed E-state index contributed by atoms with van der Waals surface area (Å²) in [5.74, 6) is 0. The van der Waals surface area contributed by atoms with E-state index in [1.165, 1.54) is 24.3 Å². The Morgan fingerprint density at radius 1 is 1.22 bits per heavy atom. The topological polar surface area (TPSA) is 101 Å². The molecule has 0 unspecified atom stereocenters. The van der Waals surface area contributed by atoms with Crippen molar-refractivity contribution in [2.45, 2.75) is 11.3 Å². The third-order valence-electron chi connectivity index (χ3n) is 2.25. The van der Waals surface area contributed by atoms with Crippen molar-refractivity contribution in [1.82, 2.24) is 10.0 Å². The molecule has 0 spiro atoms. The van der Waals surface area contributed by atoms with Crippen LogP contribution in [0.15, 0.2) is 29.2 Å². The van der Waals surface area contributed by atoms with Gasteiger partial charge < -0.3 is 5.32 Å². The van der Waals surface area contributed by atoms with Crippen LogP contribution in [0.25, 0.3) is 0 Å². The molecule has 0 heterocycles. The summed E-state index contributed by atoms with van der Waals surface area (Å²) in [5, 5.41) is 13.3. The van der Waals surface area contributed by atoms with Crippen molar-refractivity contribution >= 4 is 15.7 Å². The first-order valence-corrected chi connectivity index (χ1v) is 6.84. The Balaban J connectivity index is 2.70. The molecule has 0 amide bonds. The molecule has 0 aromatic heterocycles. The molecule has 0 aliphatic rings. The number of nitrogens with zero attached hydrogens (tertiary/aromatic N) is 1. The van der Waals surface area contributed by atoms with Gasteiger partial charge in [-0.25, -0.2) is 13.1 Å². The van der Waals surface area contributed by atoms with Crippen LogP contribution in [0.2, 0.25) is 0 Å². The Morgan fingerprint density at radius 2 is 1.83 bits per heavy atom. The number of nitro benzene ring substituents is 1. The number of benzene rings is 1. The molecule has 0 bridgehead atoms. The van der Waals surface area contributed by atoms with Crippen molar-refractivity contribution in [3.8, 4) is 0 Å². The first-order valence-electron chi connectivity index (χ1n) is 5.36. The SMILES string of the molecule is CNCCCNS(=O)(=O)c1ccc([N+](=O)[O-])cc1. The van der Waals surface area contributed by atoms with Crippen LogP contribution in [-0.2, 0) is 10.0 Å². The normalized spacial score (nSPS) is 11.4. The highest BCUT2D eigenvalue weighted by Gasteiger charge is 2.14. The van der Waals surface area contributed by atoms with E-state index in [1.807, 2.05) is 0 Å². The van der Waals surface area contributed by atoms with Gasteiger partial charge >= 0.3 is 0 Å². The number of hydrogen-bond donors (Lipinski definition) is 2. The van der Waals surface area contributed by atoms with Gasteiger partial charge in [0.2, 0.25) is 10.0 Å². The maximum Gasteiger partial charge on any atom is 0.269 e. The van der Waals surface area contributed by atoms with Crippen LogP contribution in [0.1, 0.15) is 6.42 Å². The zero-order valence-corrected chi connectivity index (χ0v) is 10.7. The van der Waals surface area contributed by atoms with Gasteiger partial charge in [0.1, 0.15) is 0 Å². The van der Waals surface area contributed by atoms with Crippen molar-refractivity contribution in [2.75, 3.05) is 20.1 Å². The van der Waals surface area contributed by atoms with Gasteiger partial charge in [-0.3, -0.25) is 10.1 Å². The largest absolute Gasteiger partial charge is 0.320 e. The standard InChI is InChI=1S/C10H15N3O4S/c1-11-7-2-8-12-18(16,17)10-5-3-9(4-6-10)13(14)15/h3-6,11-12H,2,7-8H2,1H3. The van der Waals surface area contributed by atoms with Crippen LogP contribution in [-0.4, -0.2) is 33.5 Å². The molecule has 1 rings (SSSR count). The lowest BCUT2D eigenvalue weighted by atomic mass is 10.3. The number of nitro groups is 1. The maximum absolute atomic E-state index is 11.8. The molecule has 1 aromatic carbocycles. The van der Waals surface area contributed by atoms with E-state index in [-0.39, 0.29) is 10.6 Å². The molecular formula is C10H15N3O4S. The molecule has 0 atom stereocenters. The van der Waals surface area contributed by atoms with Gasteiger partial charge in [-0.1, -0.05) is 0 Å². The molecule has 0 aliphatic carbocycles. The number of rotatable bonds is 7. The van der Waals surface area contributed by atoms with Crippen LogP contribution in [0, 0.1) is 10.1 Å². The summed E-state index contributed by atoms with van der Waals surface area (Å²) in [4.78, 5) is 9.89. The van der Waals surface area contributed by atoms with Gasteiger partial charge in [0.25, 0.3) is 5.69 Å². The molecule has 0 aliphatic heterocycles. The predicted octanol–water partition coefficient (Wildman–Crippen LogP) is 0.483. The van der Waals surface area contributed by atoms with Crippen LogP contribution < -0.4 is 10.0 Å². The molecule has 0 saturated heterocycles. The molecule has 100 valence electrons. The molecule has 8 heteroatoms. The highest BCUT2D eigenvalue weighted by Crippen LogP contribution is 2.15. The van der Waals surface area contributed by atoms with E-state index < -0.39 is 14.9 Å². The second kappa shape index (κ2) is 6.43. The van der Waals surface area contributed by atoms with Gasteiger partial charge in [-0.2, -0.15) is 0 Å². The van der Waals surface area contributed by atoms with Crippen LogP contribution in [0.5, 0.6) is 0 Å². The Labute approximate surface area is 105 Å². The zero-order valence-electron chi connectivity index (χ0n) is 9.92. The summed E-state index contributed by atoms with van der Waals surface area (Å²) < 4.78 is 26.0. The molecular weight excluding hydrogens is 258 g/mol. The number of sulfonamides is 1. The smallest absolute Gasteiger partial charge is 0.269 e. The van der Waals surface area contributed by atoms with Crippen LogP contribution in [0.4, 0.5) is 5.69 Å². The Bertz CT molecular complexity index is 498. The van der Waals surface area contributed by atoms with E-state index >= 15 is 0 Å². The fourth-order valence-corrected chi connectivity index (χ4v) is 2.38. The minimum Gasteiger partial charge on any atom is -0.320 e. The maximum atomic E-state index is 11.8. The van der Waals surface area contributed by atoms with E-state index in [2.05, 4.69) is 10.0 Å². The van der Waals surface area contributed by atoms with E-state index in [1.54, 1.807) is 7.05 Å². The van der Waals surface area contributed by atoms with Gasteiger partial charge in [-0.15, -0.1) is 0 Å². The third-order valence-corrected chi connectivity index (χ3v) is 3.73. The highest BCUT2D eigenvalue weighted by atomic mass is 32.2. The van der Waals surface area contributed by atoms with Crippen LogP contribution >= 0.6 is 0 Å². The Morgan fingerprint density at radius 3 is 2.33 bits per heavy atom. The van der Waals surface area contributed by atoms with Crippen molar-refractivity contribution in [1.29, 1.82) is 0 Å². The monoisotopic (exact) mass is 273 g/mol. The zero-order chi connectivity index (χ0) is 13.6. The lowest BCUT2D eigenvalue weighted by Crippen LogP contribution is -2.26. The highest BCUT2D eigenvalue weighted by molar-refractivity contribution is 7.89.